The van der Waals surface area contributed by atoms with Gasteiger partial charge in [-0.1, -0.05) is 0 Å². The second kappa shape index (κ2) is 17.1. The van der Waals surface area contributed by atoms with Gasteiger partial charge < -0.3 is 33.8 Å². The van der Waals surface area contributed by atoms with Crippen LogP contribution in [-0.2, 0) is 9.47 Å². The molecule has 0 aliphatic carbocycles. The van der Waals surface area contributed by atoms with Crippen LogP contribution in [0.1, 0.15) is 72.7 Å². The van der Waals surface area contributed by atoms with E-state index in [0.717, 1.165) is 18.7 Å². The Labute approximate surface area is 306 Å². The summed E-state index contributed by atoms with van der Waals surface area (Å²) in [5.41, 5.74) is 0.857. The van der Waals surface area contributed by atoms with Gasteiger partial charge in [-0.3, -0.25) is 4.90 Å². The molecule has 0 spiro atoms. The number of anilines is 2. The highest BCUT2D eigenvalue weighted by molar-refractivity contribution is 5.69. The maximum Gasteiger partial charge on any atom is 0.410 e. The molecule has 2 atom stereocenters. The normalized spacial score (nSPS) is 18.8. The van der Waals surface area contributed by atoms with Crippen LogP contribution in [0.3, 0.4) is 0 Å². The van der Waals surface area contributed by atoms with Crippen molar-refractivity contribution in [3.05, 3.63) is 41.6 Å². The molecule has 0 radical (unpaired) electrons. The number of nitrogens with zero attached hydrogens (tertiary/aromatic N) is 9. The molecule has 0 N–H and O–H groups in total. The number of piperazine rings is 2. The lowest BCUT2D eigenvalue weighted by Gasteiger charge is -2.37. The first kappa shape index (κ1) is 39.9. The summed E-state index contributed by atoms with van der Waals surface area (Å²) >= 11 is 0. The molecule has 0 bridgehead atoms. The monoisotopic (exact) mass is 721 g/mol. The lowest BCUT2D eigenvalue weighted by Crippen LogP contribution is -2.50. The fourth-order valence-electron chi connectivity index (χ4n) is 6.26. The van der Waals surface area contributed by atoms with Gasteiger partial charge in [0.1, 0.15) is 40.8 Å². The van der Waals surface area contributed by atoms with Crippen molar-refractivity contribution in [2.75, 3.05) is 75.8 Å². The Morgan fingerprint density at radius 2 is 1.23 bits per heavy atom. The van der Waals surface area contributed by atoms with Crippen molar-refractivity contribution in [1.82, 2.24) is 24.7 Å². The van der Waals surface area contributed by atoms with Gasteiger partial charge in [-0.15, -0.1) is 0 Å². The Balaban J connectivity index is 0.000000244. The van der Waals surface area contributed by atoms with Crippen LogP contribution in [0.4, 0.5) is 25.4 Å². The average molecular weight is 722 g/mol. The number of likely N-dealkylation sites (tertiary alicyclic amines) is 1. The van der Waals surface area contributed by atoms with E-state index in [1.54, 1.807) is 21.9 Å². The molecule has 52 heavy (non-hydrogen) atoms. The number of pyridine rings is 2. The SMILES string of the molecule is CC(C)(C)OC(=O)N1CCN(c2cc(F)nc(C#N)c2)CC1.C[C@H](Oc1cc(N2CCN(C(=O)OC(C)(C)C)CC2)cc(C#N)n1)[C@@H]1CCCN1C. The molecule has 3 saturated heterocycles. The summed E-state index contributed by atoms with van der Waals surface area (Å²) in [4.78, 5) is 41.9. The molecular weight excluding hydrogens is 669 g/mol. The molecule has 3 aliphatic heterocycles. The second-order valence-corrected chi connectivity index (χ2v) is 15.2. The lowest BCUT2D eigenvalue weighted by molar-refractivity contribution is 0.0230. The number of halogens is 1. The first-order chi connectivity index (χ1) is 24.4. The quantitative estimate of drug-likeness (QED) is 0.381. The van der Waals surface area contributed by atoms with E-state index < -0.39 is 17.1 Å². The Morgan fingerprint density at radius 1 is 0.769 bits per heavy atom. The van der Waals surface area contributed by atoms with Crippen molar-refractivity contribution in [1.29, 1.82) is 10.5 Å². The summed E-state index contributed by atoms with van der Waals surface area (Å²) < 4.78 is 30.3. The summed E-state index contributed by atoms with van der Waals surface area (Å²) in [5, 5.41) is 18.3. The van der Waals surface area contributed by atoms with Crippen LogP contribution in [0.2, 0.25) is 0 Å². The van der Waals surface area contributed by atoms with Crippen LogP contribution in [-0.4, -0.2) is 126 Å². The van der Waals surface area contributed by atoms with E-state index >= 15 is 0 Å². The van der Waals surface area contributed by atoms with Crippen molar-refractivity contribution in [3.63, 3.8) is 0 Å². The Bertz CT molecular complexity index is 1630. The predicted molar refractivity (Wildman–Crippen MR) is 194 cm³/mol. The summed E-state index contributed by atoms with van der Waals surface area (Å²) in [6.45, 7) is 18.7. The van der Waals surface area contributed by atoms with Gasteiger partial charge in [0.25, 0.3) is 0 Å². The van der Waals surface area contributed by atoms with Crippen LogP contribution < -0.4 is 14.5 Å². The third kappa shape index (κ3) is 11.6. The summed E-state index contributed by atoms with van der Waals surface area (Å²) in [6.07, 6.45) is 1.65. The van der Waals surface area contributed by atoms with Gasteiger partial charge >= 0.3 is 12.2 Å². The maximum atomic E-state index is 13.4. The Morgan fingerprint density at radius 3 is 1.65 bits per heavy atom. The van der Waals surface area contributed by atoms with E-state index in [0.29, 0.717) is 75.7 Å². The van der Waals surface area contributed by atoms with Crippen LogP contribution in [0.5, 0.6) is 5.88 Å². The number of carbonyl (C=O) groups is 2. The Kier molecular flexibility index (Phi) is 13.1. The van der Waals surface area contributed by atoms with Crippen molar-refractivity contribution in [2.45, 2.75) is 84.7 Å². The molecule has 2 aromatic rings. The highest BCUT2D eigenvalue weighted by Crippen LogP contribution is 2.27. The first-order valence-electron chi connectivity index (χ1n) is 17.8. The van der Waals surface area contributed by atoms with E-state index in [2.05, 4.69) is 39.8 Å². The molecule has 14 nitrogen and oxygen atoms in total. The fourth-order valence-corrected chi connectivity index (χ4v) is 6.26. The van der Waals surface area contributed by atoms with Crippen LogP contribution in [0, 0.1) is 28.6 Å². The van der Waals surface area contributed by atoms with Crippen molar-refractivity contribution in [2.24, 2.45) is 0 Å². The lowest BCUT2D eigenvalue weighted by atomic mass is 10.1. The van der Waals surface area contributed by atoms with E-state index in [4.69, 9.17) is 19.5 Å². The molecule has 2 amide bonds. The van der Waals surface area contributed by atoms with Gasteiger partial charge in [0, 0.05) is 81.9 Å². The van der Waals surface area contributed by atoms with Gasteiger partial charge in [0.05, 0.1) is 0 Å². The zero-order chi connectivity index (χ0) is 38.2. The summed E-state index contributed by atoms with van der Waals surface area (Å²) in [7, 11) is 2.12. The fraction of sp³-hybridized carbons (Fsp3) is 0.622. The third-order valence-electron chi connectivity index (χ3n) is 8.81. The highest BCUT2D eigenvalue weighted by Gasteiger charge is 2.30. The van der Waals surface area contributed by atoms with Gasteiger partial charge in [-0.2, -0.15) is 14.9 Å². The zero-order valence-electron chi connectivity index (χ0n) is 31.7. The molecular formula is C37H52FN9O5. The largest absolute Gasteiger partial charge is 0.473 e. The minimum atomic E-state index is -0.677. The van der Waals surface area contributed by atoms with E-state index in [1.807, 2.05) is 58.6 Å². The van der Waals surface area contributed by atoms with Crippen LogP contribution in [0.25, 0.3) is 0 Å². The summed E-state index contributed by atoms with van der Waals surface area (Å²) in [5.74, 6) is -0.199. The molecule has 5 rings (SSSR count). The molecule has 0 saturated carbocycles. The zero-order valence-corrected chi connectivity index (χ0v) is 31.7. The van der Waals surface area contributed by atoms with E-state index in [9.17, 15) is 19.2 Å². The van der Waals surface area contributed by atoms with Crippen molar-refractivity contribution in [3.8, 4) is 18.0 Å². The first-order valence-corrected chi connectivity index (χ1v) is 17.8. The maximum absolute atomic E-state index is 13.4. The minimum Gasteiger partial charge on any atom is -0.473 e. The molecule has 3 aliphatic rings. The van der Waals surface area contributed by atoms with E-state index in [-0.39, 0.29) is 24.0 Å². The number of nitriles is 2. The predicted octanol–water partition coefficient (Wildman–Crippen LogP) is 5.02. The second-order valence-electron chi connectivity index (χ2n) is 15.2. The number of hydrogen-bond acceptors (Lipinski definition) is 12. The molecule has 5 heterocycles. The standard InChI is InChI=1S/C22H33N5O3.C15H19FN4O2/c1-16(19-7-6-8-25(19)5)29-20-14-18(13-17(15-23)24-20)26-9-11-27(12-10-26)21(28)30-22(2,3)4;1-15(2,3)22-14(21)20-6-4-19(5-7-20)12-8-11(10-17)18-13(16)9-12/h13-14,16,19H,6-12H2,1-5H3;8-9H,4-7H2,1-3H3/t16-,19-;/m0./s1. The number of ether oxygens (including phenoxy) is 3. The molecule has 0 aromatic carbocycles. The summed E-state index contributed by atoms with van der Waals surface area (Å²) in [6, 6.07) is 10.9. The van der Waals surface area contributed by atoms with Gasteiger partial charge in [0.15, 0.2) is 0 Å². The number of rotatable bonds is 5. The number of hydrogen-bond donors (Lipinski definition) is 0. The molecule has 282 valence electrons. The average Bonchev–Trinajstić information content (AvgIpc) is 3.52. The molecule has 15 heteroatoms. The number of carbonyl (C=O) groups excluding carboxylic acids is 2. The number of amides is 2. The van der Waals surface area contributed by atoms with Crippen molar-refractivity contribution < 1.29 is 28.2 Å². The molecule has 0 unspecified atom stereocenters. The molecule has 2 aromatic heterocycles. The number of likely N-dealkylation sites (N-methyl/N-ethyl adjacent to an activating group) is 1. The third-order valence-corrected chi connectivity index (χ3v) is 8.81. The van der Waals surface area contributed by atoms with Gasteiger partial charge in [-0.25, -0.2) is 19.6 Å². The molecule has 3 fully saturated rings. The van der Waals surface area contributed by atoms with E-state index in [1.165, 1.54) is 12.5 Å². The van der Waals surface area contributed by atoms with Gasteiger partial charge in [0.2, 0.25) is 11.8 Å². The minimum absolute atomic E-state index is 0.00388. The topological polar surface area (TPSA) is 151 Å². The number of aromatic nitrogens is 2. The van der Waals surface area contributed by atoms with Gasteiger partial charge in [-0.05, 0) is 87.0 Å². The smallest absolute Gasteiger partial charge is 0.410 e. The highest BCUT2D eigenvalue weighted by atomic mass is 19.1. The Hall–Kier alpha value is -4.89. The van der Waals surface area contributed by atoms with Crippen LogP contribution >= 0.6 is 0 Å². The van der Waals surface area contributed by atoms with Crippen LogP contribution in [0.15, 0.2) is 24.3 Å². The van der Waals surface area contributed by atoms with Crippen molar-refractivity contribution >= 4 is 23.6 Å².